The lowest BCUT2D eigenvalue weighted by molar-refractivity contribution is 0.501. The average molecular weight is 210 g/mol. The Kier molecular flexibility index (Phi) is 2.18. The van der Waals surface area contributed by atoms with E-state index in [1.165, 1.54) is 0 Å². The van der Waals surface area contributed by atoms with Gasteiger partial charge >= 0.3 is 6.98 Å². The van der Waals surface area contributed by atoms with E-state index in [2.05, 4.69) is 4.98 Å². The standard InChI is InChI=1S/C10H8BF3N/c1-7-3-2-4-8-5-9(11(12,13)14)6-15-10(7)8/h2-6H,1H3/q-1. The number of rotatable bonds is 1. The number of aryl methyl sites for hydroxylation is 1. The quantitative estimate of drug-likeness (QED) is 0.659. The summed E-state index contributed by atoms with van der Waals surface area (Å²) in [5.41, 5.74) is 0.864. The first kappa shape index (κ1) is 10.0. The smallest absolute Gasteiger partial charge is 0.445 e. The number of hydrogen-bond acceptors (Lipinski definition) is 1. The lowest BCUT2D eigenvalue weighted by Crippen LogP contribution is -2.34. The zero-order valence-corrected chi connectivity index (χ0v) is 8.05. The van der Waals surface area contributed by atoms with Gasteiger partial charge < -0.3 is 12.9 Å². The van der Waals surface area contributed by atoms with Crippen LogP contribution in [0.4, 0.5) is 12.9 Å². The maximum atomic E-state index is 12.4. The van der Waals surface area contributed by atoms with Gasteiger partial charge in [0.25, 0.3) is 0 Å². The topological polar surface area (TPSA) is 12.9 Å². The van der Waals surface area contributed by atoms with E-state index in [1.807, 2.05) is 13.0 Å². The second-order valence-electron chi connectivity index (χ2n) is 3.49. The molecule has 78 valence electrons. The predicted octanol–water partition coefficient (Wildman–Crippen LogP) is 2.60. The summed E-state index contributed by atoms with van der Waals surface area (Å²) in [6.07, 6.45) is 0.898. The van der Waals surface area contributed by atoms with Crippen LogP contribution in [0, 0.1) is 6.92 Å². The number of hydrogen-bond donors (Lipinski definition) is 0. The summed E-state index contributed by atoms with van der Waals surface area (Å²) in [7, 11) is 0. The van der Waals surface area contributed by atoms with Crippen molar-refractivity contribution in [1.82, 2.24) is 4.98 Å². The fourth-order valence-corrected chi connectivity index (χ4v) is 1.51. The molecule has 0 atom stereocenters. The van der Waals surface area contributed by atoms with Gasteiger partial charge in [-0.2, -0.15) is 0 Å². The zero-order chi connectivity index (χ0) is 11.1. The molecule has 0 aliphatic carbocycles. The van der Waals surface area contributed by atoms with Crippen molar-refractivity contribution in [3.05, 3.63) is 36.0 Å². The summed E-state index contributed by atoms with van der Waals surface area (Å²) < 4.78 is 37.3. The van der Waals surface area contributed by atoms with Gasteiger partial charge in [-0.05, 0) is 17.9 Å². The molecule has 0 unspecified atom stereocenters. The molecule has 0 aliphatic heterocycles. The van der Waals surface area contributed by atoms with Gasteiger partial charge in [-0.25, -0.2) is 0 Å². The SMILES string of the molecule is Cc1cccc2cc([B-](F)(F)F)cnc12. The molecule has 0 N–H and O–H groups in total. The molecule has 5 heteroatoms. The highest BCUT2D eigenvalue weighted by Gasteiger charge is 2.25. The average Bonchev–Trinajstić information content (AvgIpc) is 2.16. The molecule has 1 aromatic heterocycles. The third-order valence-corrected chi connectivity index (χ3v) is 2.31. The van der Waals surface area contributed by atoms with E-state index >= 15 is 0 Å². The summed E-state index contributed by atoms with van der Waals surface area (Å²) in [6.45, 7) is -3.13. The van der Waals surface area contributed by atoms with E-state index in [-0.39, 0.29) is 0 Å². The molecule has 0 saturated heterocycles. The minimum absolute atomic E-state index is 0.534. The Bertz CT molecular complexity index is 507. The third-order valence-electron chi connectivity index (χ3n) is 2.31. The summed E-state index contributed by atoms with van der Waals surface area (Å²) >= 11 is 0. The number of pyridine rings is 1. The molecule has 2 aromatic rings. The van der Waals surface area contributed by atoms with Crippen LogP contribution in [-0.4, -0.2) is 12.0 Å². The van der Waals surface area contributed by atoms with Crippen LogP contribution in [0.1, 0.15) is 5.56 Å². The maximum absolute atomic E-state index is 12.4. The van der Waals surface area contributed by atoms with E-state index in [1.54, 1.807) is 12.1 Å². The first-order valence-corrected chi connectivity index (χ1v) is 4.54. The van der Waals surface area contributed by atoms with Gasteiger partial charge in [0, 0.05) is 6.20 Å². The fraction of sp³-hybridized carbons (Fsp3) is 0.100. The second-order valence-corrected chi connectivity index (χ2v) is 3.49. The lowest BCUT2D eigenvalue weighted by atomic mass is 9.81. The number of para-hydroxylation sites is 1. The summed E-state index contributed by atoms with van der Waals surface area (Å²) in [4.78, 5) is 3.84. The largest absolute Gasteiger partial charge is 0.511 e. The molecule has 15 heavy (non-hydrogen) atoms. The van der Waals surface area contributed by atoms with E-state index < -0.39 is 12.4 Å². The highest BCUT2D eigenvalue weighted by molar-refractivity contribution is 6.73. The normalized spacial score (nSPS) is 12.0. The first-order valence-electron chi connectivity index (χ1n) is 4.54. The molecular weight excluding hydrogens is 202 g/mol. The number of halogens is 3. The molecule has 0 fully saturated rings. The van der Waals surface area contributed by atoms with Gasteiger partial charge in [-0.15, -0.1) is 0 Å². The summed E-state index contributed by atoms with van der Waals surface area (Å²) in [5, 5.41) is 0.534. The van der Waals surface area contributed by atoms with Crippen molar-refractivity contribution >= 4 is 23.3 Å². The number of benzene rings is 1. The Morgan fingerprint density at radius 3 is 2.60 bits per heavy atom. The van der Waals surface area contributed by atoms with Crippen LogP contribution in [-0.2, 0) is 0 Å². The van der Waals surface area contributed by atoms with Crippen LogP contribution >= 0.6 is 0 Å². The maximum Gasteiger partial charge on any atom is 0.511 e. The van der Waals surface area contributed by atoms with Crippen molar-refractivity contribution in [2.75, 3.05) is 0 Å². The highest BCUT2D eigenvalue weighted by Crippen LogP contribution is 2.16. The predicted molar refractivity (Wildman–Crippen MR) is 55.2 cm³/mol. The number of nitrogens with zero attached hydrogens (tertiary/aromatic N) is 1. The Hall–Kier alpha value is -1.52. The van der Waals surface area contributed by atoms with Crippen molar-refractivity contribution in [3.8, 4) is 0 Å². The third kappa shape index (κ3) is 1.82. The van der Waals surface area contributed by atoms with E-state index in [0.717, 1.165) is 17.8 Å². The second kappa shape index (κ2) is 3.26. The molecule has 0 spiro atoms. The van der Waals surface area contributed by atoms with Crippen molar-refractivity contribution < 1.29 is 12.9 Å². The Morgan fingerprint density at radius 2 is 1.93 bits per heavy atom. The van der Waals surface area contributed by atoms with Crippen molar-refractivity contribution in [1.29, 1.82) is 0 Å². The number of aromatic nitrogens is 1. The van der Waals surface area contributed by atoms with Crippen molar-refractivity contribution in [2.24, 2.45) is 0 Å². The van der Waals surface area contributed by atoms with Gasteiger partial charge in [0.1, 0.15) is 0 Å². The Morgan fingerprint density at radius 1 is 1.20 bits per heavy atom. The van der Waals surface area contributed by atoms with Crippen LogP contribution < -0.4 is 5.46 Å². The molecule has 0 saturated carbocycles. The first-order chi connectivity index (χ1) is 6.98. The molecule has 0 bridgehead atoms. The van der Waals surface area contributed by atoms with Gasteiger partial charge in [-0.1, -0.05) is 29.7 Å². The van der Waals surface area contributed by atoms with Crippen LogP contribution in [0.15, 0.2) is 30.5 Å². The molecule has 0 amide bonds. The lowest BCUT2D eigenvalue weighted by Gasteiger charge is -2.14. The molecular formula is C10H8BF3N-. The molecule has 1 heterocycles. The van der Waals surface area contributed by atoms with Crippen LogP contribution in [0.25, 0.3) is 10.9 Å². The van der Waals surface area contributed by atoms with Crippen molar-refractivity contribution in [2.45, 2.75) is 6.92 Å². The molecule has 1 nitrogen and oxygen atoms in total. The minimum Gasteiger partial charge on any atom is -0.445 e. The minimum atomic E-state index is -4.96. The highest BCUT2D eigenvalue weighted by atomic mass is 19.4. The molecule has 0 radical (unpaired) electrons. The molecule has 2 rings (SSSR count). The molecule has 0 aliphatic rings. The monoisotopic (exact) mass is 210 g/mol. The van der Waals surface area contributed by atoms with Crippen molar-refractivity contribution in [3.63, 3.8) is 0 Å². The van der Waals surface area contributed by atoms with E-state index in [4.69, 9.17) is 0 Å². The number of fused-ring (bicyclic) bond motifs is 1. The van der Waals surface area contributed by atoms with E-state index in [9.17, 15) is 12.9 Å². The zero-order valence-electron chi connectivity index (χ0n) is 8.05. The van der Waals surface area contributed by atoms with Crippen LogP contribution in [0.3, 0.4) is 0 Å². The van der Waals surface area contributed by atoms with Crippen LogP contribution in [0.5, 0.6) is 0 Å². The Labute approximate surface area is 85.0 Å². The fourth-order valence-electron chi connectivity index (χ4n) is 1.51. The summed E-state index contributed by atoms with van der Waals surface area (Å²) in [6, 6.07) is 6.34. The van der Waals surface area contributed by atoms with Gasteiger partial charge in [0.05, 0.1) is 5.52 Å². The Balaban J connectivity index is 2.68. The van der Waals surface area contributed by atoms with Crippen LogP contribution in [0.2, 0.25) is 0 Å². The van der Waals surface area contributed by atoms with Gasteiger partial charge in [0.2, 0.25) is 0 Å². The van der Waals surface area contributed by atoms with Gasteiger partial charge in [0.15, 0.2) is 0 Å². The van der Waals surface area contributed by atoms with Gasteiger partial charge in [-0.3, -0.25) is 4.98 Å². The molecule has 1 aromatic carbocycles. The van der Waals surface area contributed by atoms with E-state index in [0.29, 0.717) is 10.9 Å². The summed E-state index contributed by atoms with van der Waals surface area (Å²) in [5.74, 6) is 0.